The minimum absolute atomic E-state index is 0.0916. The fourth-order valence-electron chi connectivity index (χ4n) is 1.63. The Hall–Kier alpha value is -1.06. The number of anilines is 1. The van der Waals surface area contributed by atoms with Crippen molar-refractivity contribution in [1.82, 2.24) is 0 Å². The molecule has 0 spiro atoms. The maximum Gasteiger partial charge on any atom is 0.295 e. The summed E-state index contributed by atoms with van der Waals surface area (Å²) < 4.78 is 32.0. The van der Waals surface area contributed by atoms with Crippen molar-refractivity contribution in [3.05, 3.63) is 27.8 Å². The third kappa shape index (κ3) is 2.05. The van der Waals surface area contributed by atoms with Crippen LogP contribution >= 0.6 is 22.6 Å². The van der Waals surface area contributed by atoms with Gasteiger partial charge in [0.2, 0.25) is 0 Å². The van der Waals surface area contributed by atoms with Crippen LogP contribution in [0, 0.1) is 3.57 Å². The molecular formula is C10H8INO4S. The molecule has 0 fully saturated rings. The van der Waals surface area contributed by atoms with Gasteiger partial charge < -0.3 is 10.8 Å². The fraction of sp³-hybridized carbons (Fsp3) is 0. The minimum Gasteiger partial charge on any atom is -0.506 e. The number of aromatic hydroxyl groups is 1. The molecular weight excluding hydrogens is 357 g/mol. The molecule has 17 heavy (non-hydrogen) atoms. The van der Waals surface area contributed by atoms with Crippen LogP contribution in [0.5, 0.6) is 5.75 Å². The van der Waals surface area contributed by atoms with E-state index >= 15 is 0 Å². The van der Waals surface area contributed by atoms with Gasteiger partial charge in [0.15, 0.2) is 0 Å². The molecule has 5 nitrogen and oxygen atoms in total. The van der Waals surface area contributed by atoms with Crippen molar-refractivity contribution < 1.29 is 18.1 Å². The predicted octanol–water partition coefficient (Wildman–Crippen LogP) is 1.98. The number of fused-ring (bicyclic) bond motifs is 1. The molecule has 2 aromatic carbocycles. The van der Waals surface area contributed by atoms with Gasteiger partial charge in [0.25, 0.3) is 10.1 Å². The standard InChI is InChI=1S/C10H8INO4S/c11-6-2-1-5-8(17(14,15)16)4-3-7(12)9(5)10(6)13/h1-4,13H,12H2,(H,14,15,16). The smallest absolute Gasteiger partial charge is 0.295 e. The van der Waals surface area contributed by atoms with Crippen LogP contribution in [0.2, 0.25) is 0 Å². The molecule has 0 unspecified atom stereocenters. The lowest BCUT2D eigenvalue weighted by atomic mass is 10.1. The zero-order chi connectivity index (χ0) is 12.8. The summed E-state index contributed by atoms with van der Waals surface area (Å²) >= 11 is 1.90. The highest BCUT2D eigenvalue weighted by Crippen LogP contribution is 2.36. The van der Waals surface area contributed by atoms with Crippen molar-refractivity contribution in [2.24, 2.45) is 0 Å². The van der Waals surface area contributed by atoms with E-state index in [9.17, 15) is 13.5 Å². The number of nitrogens with two attached hydrogens (primary N) is 1. The van der Waals surface area contributed by atoms with Crippen LogP contribution in [0.4, 0.5) is 5.69 Å². The maximum atomic E-state index is 11.2. The van der Waals surface area contributed by atoms with Crippen molar-refractivity contribution in [3.8, 4) is 5.75 Å². The first-order valence-corrected chi connectivity index (χ1v) is 7.01. The minimum atomic E-state index is -4.34. The number of nitrogen functional groups attached to an aromatic ring is 1. The van der Waals surface area contributed by atoms with E-state index in [0.717, 1.165) is 0 Å². The van der Waals surface area contributed by atoms with Gasteiger partial charge in [-0.2, -0.15) is 8.42 Å². The summed E-state index contributed by atoms with van der Waals surface area (Å²) in [5, 5.41) is 10.3. The van der Waals surface area contributed by atoms with Gasteiger partial charge in [-0.15, -0.1) is 0 Å². The Morgan fingerprint density at radius 2 is 1.82 bits per heavy atom. The van der Waals surface area contributed by atoms with Gasteiger partial charge in [0, 0.05) is 16.5 Å². The first-order chi connectivity index (χ1) is 7.82. The average Bonchev–Trinajstić information content (AvgIpc) is 2.21. The quantitative estimate of drug-likeness (QED) is 0.408. The molecule has 0 aliphatic heterocycles. The lowest BCUT2D eigenvalue weighted by molar-refractivity contribution is 0.478. The summed E-state index contributed by atoms with van der Waals surface area (Å²) in [5.41, 5.74) is 5.95. The van der Waals surface area contributed by atoms with E-state index in [1.54, 1.807) is 6.07 Å². The molecule has 2 aromatic rings. The van der Waals surface area contributed by atoms with E-state index in [2.05, 4.69) is 0 Å². The number of phenolic OH excluding ortho intramolecular Hbond substituents is 1. The van der Waals surface area contributed by atoms with Gasteiger partial charge >= 0.3 is 0 Å². The van der Waals surface area contributed by atoms with Crippen LogP contribution in [-0.2, 0) is 10.1 Å². The first-order valence-electron chi connectivity index (χ1n) is 4.49. The normalized spacial score (nSPS) is 11.9. The number of rotatable bonds is 1. The summed E-state index contributed by atoms with van der Waals surface area (Å²) in [5.74, 6) is -0.0916. The Morgan fingerprint density at radius 3 is 2.41 bits per heavy atom. The molecule has 0 aliphatic rings. The van der Waals surface area contributed by atoms with Crippen molar-refractivity contribution in [2.75, 3.05) is 5.73 Å². The molecule has 0 saturated heterocycles. The number of halogens is 1. The predicted molar refractivity (Wildman–Crippen MR) is 72.6 cm³/mol. The van der Waals surface area contributed by atoms with E-state index in [1.165, 1.54) is 18.2 Å². The highest BCUT2D eigenvalue weighted by atomic mass is 127. The van der Waals surface area contributed by atoms with Gasteiger partial charge in [0.05, 0.1) is 3.57 Å². The van der Waals surface area contributed by atoms with Gasteiger partial charge in [-0.1, -0.05) is 6.07 Å². The maximum absolute atomic E-state index is 11.2. The zero-order valence-electron chi connectivity index (χ0n) is 8.38. The van der Waals surface area contributed by atoms with E-state index < -0.39 is 10.1 Å². The molecule has 0 atom stereocenters. The van der Waals surface area contributed by atoms with Crippen LogP contribution < -0.4 is 5.73 Å². The van der Waals surface area contributed by atoms with Gasteiger partial charge in [-0.05, 0) is 40.8 Å². The van der Waals surface area contributed by atoms with E-state index in [-0.39, 0.29) is 27.1 Å². The Kier molecular flexibility index (Phi) is 2.92. The Bertz CT molecular complexity index is 712. The molecule has 0 aromatic heterocycles. The highest BCUT2D eigenvalue weighted by molar-refractivity contribution is 14.1. The summed E-state index contributed by atoms with van der Waals surface area (Å²) in [4.78, 5) is -0.270. The van der Waals surface area contributed by atoms with Crippen LogP contribution in [-0.4, -0.2) is 18.1 Å². The van der Waals surface area contributed by atoms with Crippen LogP contribution in [0.25, 0.3) is 10.8 Å². The van der Waals surface area contributed by atoms with Gasteiger partial charge in [-0.3, -0.25) is 4.55 Å². The first kappa shape index (κ1) is 12.4. The number of phenols is 1. The van der Waals surface area contributed by atoms with E-state index in [0.29, 0.717) is 3.57 Å². The monoisotopic (exact) mass is 365 g/mol. The SMILES string of the molecule is Nc1ccc(S(=O)(=O)O)c2ccc(I)c(O)c12. The Morgan fingerprint density at radius 1 is 1.18 bits per heavy atom. The second-order valence-corrected chi connectivity index (χ2v) is 6.00. The van der Waals surface area contributed by atoms with Crippen molar-refractivity contribution in [3.63, 3.8) is 0 Å². The molecule has 2 rings (SSSR count). The van der Waals surface area contributed by atoms with Gasteiger partial charge in [-0.25, -0.2) is 0 Å². The van der Waals surface area contributed by atoms with Crippen LogP contribution in [0.3, 0.4) is 0 Å². The summed E-state index contributed by atoms with van der Waals surface area (Å²) in [6.07, 6.45) is 0. The Labute approximate surface area is 111 Å². The topological polar surface area (TPSA) is 101 Å². The molecule has 0 heterocycles. The zero-order valence-corrected chi connectivity index (χ0v) is 11.4. The Balaban J connectivity index is 3.04. The second-order valence-electron chi connectivity index (χ2n) is 3.45. The molecule has 90 valence electrons. The van der Waals surface area contributed by atoms with Gasteiger partial charge in [0.1, 0.15) is 10.6 Å². The van der Waals surface area contributed by atoms with Crippen LogP contribution in [0.15, 0.2) is 29.2 Å². The molecule has 0 aliphatic carbocycles. The second kappa shape index (κ2) is 4.00. The number of benzene rings is 2. The summed E-state index contributed by atoms with van der Waals surface area (Å²) in [6.45, 7) is 0. The van der Waals surface area contributed by atoms with E-state index in [4.69, 9.17) is 10.3 Å². The lowest BCUT2D eigenvalue weighted by Gasteiger charge is -2.09. The fourth-order valence-corrected chi connectivity index (χ4v) is 2.76. The molecule has 7 heteroatoms. The summed E-state index contributed by atoms with van der Waals surface area (Å²) in [6, 6.07) is 5.59. The third-order valence-corrected chi connectivity index (χ3v) is 4.16. The lowest BCUT2D eigenvalue weighted by Crippen LogP contribution is -2.00. The van der Waals surface area contributed by atoms with Crippen LogP contribution in [0.1, 0.15) is 0 Å². The number of hydrogen-bond acceptors (Lipinski definition) is 4. The summed E-state index contributed by atoms with van der Waals surface area (Å²) in [7, 11) is -4.34. The molecule has 0 amide bonds. The van der Waals surface area contributed by atoms with Crippen molar-refractivity contribution >= 4 is 49.2 Å². The van der Waals surface area contributed by atoms with Crippen molar-refractivity contribution in [2.45, 2.75) is 4.90 Å². The molecule has 4 N–H and O–H groups in total. The number of hydrogen-bond donors (Lipinski definition) is 3. The third-order valence-electron chi connectivity index (χ3n) is 2.37. The molecule has 0 saturated carbocycles. The molecule has 0 radical (unpaired) electrons. The molecule has 0 bridgehead atoms. The largest absolute Gasteiger partial charge is 0.506 e. The van der Waals surface area contributed by atoms with Crippen molar-refractivity contribution in [1.29, 1.82) is 0 Å². The highest BCUT2D eigenvalue weighted by Gasteiger charge is 2.18. The average molecular weight is 365 g/mol. The van der Waals surface area contributed by atoms with E-state index in [1.807, 2.05) is 22.6 Å².